The molecule has 0 saturated heterocycles. The van der Waals surface area contributed by atoms with Gasteiger partial charge < -0.3 is 14.2 Å². The first-order chi connectivity index (χ1) is 14.5. The molecule has 0 N–H and O–H groups in total. The third-order valence-corrected chi connectivity index (χ3v) is 4.46. The van der Waals surface area contributed by atoms with E-state index in [9.17, 15) is 9.59 Å². The number of esters is 1. The number of rotatable bonds is 7. The number of carbonyl (C=O) groups is 2. The van der Waals surface area contributed by atoms with Crippen LogP contribution in [0, 0.1) is 6.92 Å². The number of methoxy groups -OCH3 is 2. The van der Waals surface area contributed by atoms with Crippen LogP contribution in [-0.4, -0.2) is 26.0 Å². The Hall–Kier alpha value is -3.86. The molecule has 3 rings (SSSR count). The Balaban J connectivity index is 1.75. The molecule has 0 amide bonds. The molecule has 0 atom stereocenters. The van der Waals surface area contributed by atoms with Crippen LogP contribution in [0.3, 0.4) is 0 Å². The number of hydrogen-bond acceptors (Lipinski definition) is 5. The number of benzene rings is 3. The van der Waals surface area contributed by atoms with Gasteiger partial charge in [-0.05, 0) is 48.9 Å². The van der Waals surface area contributed by atoms with Gasteiger partial charge in [-0.2, -0.15) is 0 Å². The largest absolute Gasteiger partial charge is 0.497 e. The van der Waals surface area contributed by atoms with Crippen molar-refractivity contribution in [3.8, 4) is 17.2 Å². The Morgan fingerprint density at radius 3 is 2.27 bits per heavy atom. The minimum Gasteiger partial charge on any atom is -0.497 e. The van der Waals surface area contributed by atoms with E-state index >= 15 is 0 Å². The van der Waals surface area contributed by atoms with Crippen LogP contribution in [0.5, 0.6) is 17.2 Å². The topological polar surface area (TPSA) is 61.8 Å². The molecule has 0 unspecified atom stereocenters. The highest BCUT2D eigenvalue weighted by molar-refractivity contribution is 6.06. The molecule has 5 heteroatoms. The summed E-state index contributed by atoms with van der Waals surface area (Å²) in [5.41, 5.74) is 2.82. The van der Waals surface area contributed by atoms with E-state index in [4.69, 9.17) is 14.2 Å². The van der Waals surface area contributed by atoms with Crippen molar-refractivity contribution in [2.75, 3.05) is 14.2 Å². The maximum atomic E-state index is 12.4. The molecule has 0 radical (unpaired) electrons. The standard InChI is InChI=1S/C25H22O5/c1-17-7-11-19(12-8-17)22(26)13-9-18-10-14-23(24(15-18)29-3)30-25(27)20-5-4-6-21(16-20)28-2/h4-16H,1-3H3/b13-9+. The minimum absolute atomic E-state index is 0.0949. The normalized spacial score (nSPS) is 10.6. The van der Waals surface area contributed by atoms with Gasteiger partial charge in [0.05, 0.1) is 19.8 Å². The summed E-state index contributed by atoms with van der Waals surface area (Å²) < 4.78 is 16.0. The van der Waals surface area contributed by atoms with Crippen LogP contribution in [0.2, 0.25) is 0 Å². The van der Waals surface area contributed by atoms with Crippen molar-refractivity contribution in [1.82, 2.24) is 0 Å². The molecule has 0 spiro atoms. The van der Waals surface area contributed by atoms with Gasteiger partial charge in [0.1, 0.15) is 5.75 Å². The maximum absolute atomic E-state index is 12.4. The highest BCUT2D eigenvalue weighted by Gasteiger charge is 2.13. The number of allylic oxidation sites excluding steroid dienone is 1. The van der Waals surface area contributed by atoms with Crippen LogP contribution in [0.25, 0.3) is 6.08 Å². The molecule has 0 bridgehead atoms. The van der Waals surface area contributed by atoms with Crippen molar-refractivity contribution in [2.45, 2.75) is 6.92 Å². The monoisotopic (exact) mass is 402 g/mol. The van der Waals surface area contributed by atoms with E-state index < -0.39 is 5.97 Å². The second kappa shape index (κ2) is 9.56. The molecule has 3 aromatic carbocycles. The predicted octanol–water partition coefficient (Wildman–Crippen LogP) is 5.13. The summed E-state index contributed by atoms with van der Waals surface area (Å²) >= 11 is 0. The average Bonchev–Trinajstić information content (AvgIpc) is 2.78. The Labute approximate surface area is 175 Å². The fourth-order valence-corrected chi connectivity index (χ4v) is 2.77. The summed E-state index contributed by atoms with van der Waals surface area (Å²) in [5.74, 6) is 0.617. The number of ether oxygens (including phenoxy) is 3. The third kappa shape index (κ3) is 5.14. The molecule has 0 aliphatic carbocycles. The zero-order valence-electron chi connectivity index (χ0n) is 17.0. The van der Waals surface area contributed by atoms with E-state index in [0.717, 1.165) is 11.1 Å². The first-order valence-electron chi connectivity index (χ1n) is 9.33. The molecule has 0 aliphatic heterocycles. The average molecular weight is 402 g/mol. The third-order valence-electron chi connectivity index (χ3n) is 4.46. The zero-order valence-corrected chi connectivity index (χ0v) is 17.0. The number of hydrogen-bond donors (Lipinski definition) is 0. The Kier molecular flexibility index (Phi) is 6.65. The molecule has 152 valence electrons. The molecular weight excluding hydrogens is 380 g/mol. The van der Waals surface area contributed by atoms with Crippen LogP contribution in [0.4, 0.5) is 0 Å². The second-order valence-electron chi connectivity index (χ2n) is 6.60. The lowest BCUT2D eigenvalue weighted by atomic mass is 10.1. The molecule has 0 aromatic heterocycles. The Morgan fingerprint density at radius 1 is 0.800 bits per heavy atom. The van der Waals surface area contributed by atoms with E-state index in [-0.39, 0.29) is 11.5 Å². The van der Waals surface area contributed by atoms with Gasteiger partial charge in [-0.25, -0.2) is 4.79 Å². The van der Waals surface area contributed by atoms with Gasteiger partial charge in [-0.15, -0.1) is 0 Å². The van der Waals surface area contributed by atoms with Crippen LogP contribution in [0.15, 0.2) is 72.8 Å². The lowest BCUT2D eigenvalue weighted by molar-refractivity contribution is 0.0729. The van der Waals surface area contributed by atoms with Gasteiger partial charge in [0.25, 0.3) is 0 Å². The van der Waals surface area contributed by atoms with Gasteiger partial charge in [-0.3, -0.25) is 4.79 Å². The van der Waals surface area contributed by atoms with E-state index in [1.807, 2.05) is 19.1 Å². The smallest absolute Gasteiger partial charge is 0.343 e. The highest BCUT2D eigenvalue weighted by Crippen LogP contribution is 2.29. The first-order valence-corrected chi connectivity index (χ1v) is 9.33. The molecule has 0 heterocycles. The highest BCUT2D eigenvalue weighted by atomic mass is 16.6. The van der Waals surface area contributed by atoms with Gasteiger partial charge >= 0.3 is 5.97 Å². The molecule has 0 saturated carbocycles. The molecule has 3 aromatic rings. The Morgan fingerprint density at radius 2 is 1.57 bits per heavy atom. The van der Waals surface area contributed by atoms with Gasteiger partial charge in [-0.1, -0.05) is 48.0 Å². The van der Waals surface area contributed by atoms with Crippen LogP contribution in [-0.2, 0) is 0 Å². The molecule has 5 nitrogen and oxygen atoms in total. The van der Waals surface area contributed by atoms with Crippen molar-refractivity contribution >= 4 is 17.8 Å². The van der Waals surface area contributed by atoms with E-state index in [1.54, 1.807) is 60.7 Å². The van der Waals surface area contributed by atoms with Crippen molar-refractivity contribution in [1.29, 1.82) is 0 Å². The minimum atomic E-state index is -0.523. The fourth-order valence-electron chi connectivity index (χ4n) is 2.77. The van der Waals surface area contributed by atoms with Crippen molar-refractivity contribution in [3.63, 3.8) is 0 Å². The summed E-state index contributed by atoms with van der Waals surface area (Å²) in [5, 5.41) is 0. The van der Waals surface area contributed by atoms with Gasteiger partial charge in [0.15, 0.2) is 17.3 Å². The molecule has 0 fully saturated rings. The van der Waals surface area contributed by atoms with E-state index in [0.29, 0.717) is 22.6 Å². The van der Waals surface area contributed by atoms with Crippen LogP contribution < -0.4 is 14.2 Å². The van der Waals surface area contributed by atoms with Crippen molar-refractivity contribution in [2.24, 2.45) is 0 Å². The van der Waals surface area contributed by atoms with E-state index in [1.165, 1.54) is 20.3 Å². The van der Waals surface area contributed by atoms with Gasteiger partial charge in [0, 0.05) is 5.56 Å². The van der Waals surface area contributed by atoms with Crippen LogP contribution in [0.1, 0.15) is 31.8 Å². The molecule has 30 heavy (non-hydrogen) atoms. The molecular formula is C25H22O5. The summed E-state index contributed by atoms with van der Waals surface area (Å²) in [7, 11) is 3.02. The fraction of sp³-hybridized carbons (Fsp3) is 0.120. The maximum Gasteiger partial charge on any atom is 0.343 e. The molecule has 0 aliphatic rings. The summed E-state index contributed by atoms with van der Waals surface area (Å²) in [6.45, 7) is 1.97. The number of carbonyl (C=O) groups excluding carboxylic acids is 2. The zero-order chi connectivity index (χ0) is 21.5. The summed E-state index contributed by atoms with van der Waals surface area (Å²) in [6, 6.07) is 19.2. The number of aryl methyl sites for hydroxylation is 1. The van der Waals surface area contributed by atoms with E-state index in [2.05, 4.69) is 0 Å². The van der Waals surface area contributed by atoms with Crippen LogP contribution >= 0.6 is 0 Å². The predicted molar refractivity (Wildman–Crippen MR) is 115 cm³/mol. The first kappa shape index (κ1) is 20.9. The second-order valence-corrected chi connectivity index (χ2v) is 6.60. The Bertz CT molecular complexity index is 1080. The van der Waals surface area contributed by atoms with Gasteiger partial charge in [0.2, 0.25) is 0 Å². The lowest BCUT2D eigenvalue weighted by Crippen LogP contribution is -2.09. The summed E-state index contributed by atoms with van der Waals surface area (Å²) in [4.78, 5) is 24.7. The van der Waals surface area contributed by atoms with Crippen molar-refractivity contribution in [3.05, 3.63) is 95.1 Å². The SMILES string of the molecule is COc1cccc(C(=O)Oc2ccc(/C=C/C(=O)c3ccc(C)cc3)cc2OC)c1. The number of ketones is 1. The lowest BCUT2D eigenvalue weighted by Gasteiger charge is -2.10. The quantitative estimate of drug-likeness (QED) is 0.237. The summed E-state index contributed by atoms with van der Waals surface area (Å²) in [6.07, 6.45) is 3.19. The van der Waals surface area contributed by atoms with Crippen molar-refractivity contribution < 1.29 is 23.8 Å².